The van der Waals surface area contributed by atoms with E-state index in [1.54, 1.807) is 11.3 Å². The van der Waals surface area contributed by atoms with Gasteiger partial charge in [0.2, 0.25) is 0 Å². The van der Waals surface area contributed by atoms with Crippen molar-refractivity contribution in [3.8, 4) is 0 Å². The zero-order chi connectivity index (χ0) is 10.0. The Labute approximate surface area is 89.8 Å². The summed E-state index contributed by atoms with van der Waals surface area (Å²) < 4.78 is 0. The molecule has 1 saturated carbocycles. The van der Waals surface area contributed by atoms with E-state index < -0.39 is 0 Å². The lowest BCUT2D eigenvalue weighted by molar-refractivity contribution is 0.337. The summed E-state index contributed by atoms with van der Waals surface area (Å²) in [4.78, 5) is 4.26. The molecule has 0 radical (unpaired) electrons. The van der Waals surface area contributed by atoms with E-state index in [4.69, 9.17) is 0 Å². The second-order valence-electron chi connectivity index (χ2n) is 4.55. The lowest BCUT2D eigenvalue weighted by atomic mass is 9.92. The van der Waals surface area contributed by atoms with Gasteiger partial charge in [-0.25, -0.2) is 4.98 Å². The minimum absolute atomic E-state index is 0.608. The topological polar surface area (TPSA) is 24.9 Å². The highest BCUT2D eigenvalue weighted by molar-refractivity contribution is 7.09. The van der Waals surface area contributed by atoms with Crippen molar-refractivity contribution in [2.45, 2.75) is 33.2 Å². The molecule has 0 atom stereocenters. The molecule has 1 aliphatic carbocycles. The molecule has 1 aromatic rings. The monoisotopic (exact) mass is 210 g/mol. The molecule has 0 bridgehead atoms. The van der Waals surface area contributed by atoms with Crippen molar-refractivity contribution in [2.75, 3.05) is 6.54 Å². The average Bonchev–Trinajstić information content (AvgIpc) is 2.76. The van der Waals surface area contributed by atoms with Crippen LogP contribution in [-0.4, -0.2) is 11.5 Å². The smallest absolute Gasteiger partial charge is 0.106 e. The van der Waals surface area contributed by atoms with Crippen LogP contribution in [0.25, 0.3) is 0 Å². The molecule has 2 rings (SSSR count). The third kappa shape index (κ3) is 2.15. The van der Waals surface area contributed by atoms with Crippen LogP contribution >= 0.6 is 11.3 Å². The average molecular weight is 210 g/mol. The summed E-state index contributed by atoms with van der Waals surface area (Å²) in [5.74, 6) is 0.811. The van der Waals surface area contributed by atoms with Crippen molar-refractivity contribution in [3.63, 3.8) is 0 Å². The van der Waals surface area contributed by atoms with Crippen molar-refractivity contribution < 1.29 is 0 Å². The Kier molecular flexibility index (Phi) is 2.88. The first kappa shape index (κ1) is 10.1. The van der Waals surface area contributed by atoms with Gasteiger partial charge in [0.25, 0.3) is 0 Å². The number of hydrogen-bond acceptors (Lipinski definition) is 3. The van der Waals surface area contributed by atoms with E-state index in [-0.39, 0.29) is 0 Å². The van der Waals surface area contributed by atoms with E-state index in [1.165, 1.54) is 17.8 Å². The van der Waals surface area contributed by atoms with Gasteiger partial charge in [0.15, 0.2) is 0 Å². The molecule has 1 N–H and O–H groups in total. The van der Waals surface area contributed by atoms with E-state index in [2.05, 4.69) is 24.1 Å². The fourth-order valence-corrected chi connectivity index (χ4v) is 2.46. The van der Waals surface area contributed by atoms with E-state index >= 15 is 0 Å². The quantitative estimate of drug-likeness (QED) is 0.808. The van der Waals surface area contributed by atoms with Crippen molar-refractivity contribution >= 4 is 11.3 Å². The van der Waals surface area contributed by atoms with Crippen LogP contribution in [0.1, 0.15) is 31.7 Å². The van der Waals surface area contributed by atoms with Crippen molar-refractivity contribution in [1.82, 2.24) is 10.3 Å². The Bertz CT molecular complexity index is 275. The second kappa shape index (κ2) is 3.99. The Morgan fingerprint density at radius 2 is 2.36 bits per heavy atom. The molecule has 1 aromatic heterocycles. The maximum absolute atomic E-state index is 4.26. The van der Waals surface area contributed by atoms with Gasteiger partial charge in [0.1, 0.15) is 5.01 Å². The van der Waals surface area contributed by atoms with Crippen molar-refractivity contribution in [3.05, 3.63) is 16.6 Å². The van der Waals surface area contributed by atoms with Crippen molar-refractivity contribution in [1.29, 1.82) is 0 Å². The molecule has 14 heavy (non-hydrogen) atoms. The highest BCUT2D eigenvalue weighted by Crippen LogP contribution is 2.51. The van der Waals surface area contributed by atoms with Gasteiger partial charge in [-0.05, 0) is 24.2 Å². The predicted octanol–water partition coefficient (Wildman–Crippen LogP) is 2.67. The van der Waals surface area contributed by atoms with Gasteiger partial charge in [0.05, 0.1) is 0 Å². The van der Waals surface area contributed by atoms with Gasteiger partial charge in [-0.15, -0.1) is 11.3 Å². The fourth-order valence-electron chi connectivity index (χ4n) is 1.88. The highest BCUT2D eigenvalue weighted by atomic mass is 32.1. The molecule has 0 amide bonds. The minimum atomic E-state index is 0.608. The number of aromatic nitrogens is 1. The van der Waals surface area contributed by atoms with Gasteiger partial charge in [-0.2, -0.15) is 0 Å². The Morgan fingerprint density at radius 1 is 1.57 bits per heavy atom. The van der Waals surface area contributed by atoms with Crippen LogP contribution < -0.4 is 5.32 Å². The van der Waals surface area contributed by atoms with Crippen molar-refractivity contribution in [2.24, 2.45) is 11.3 Å². The second-order valence-corrected chi connectivity index (χ2v) is 5.53. The van der Waals surface area contributed by atoms with Crippen LogP contribution in [0.4, 0.5) is 0 Å². The Balaban J connectivity index is 1.73. The summed E-state index contributed by atoms with van der Waals surface area (Å²) in [6.45, 7) is 6.76. The summed E-state index contributed by atoms with van der Waals surface area (Å²) in [5, 5.41) is 6.75. The predicted molar refractivity (Wildman–Crippen MR) is 60.3 cm³/mol. The Hall–Kier alpha value is -0.410. The third-order valence-electron chi connectivity index (χ3n) is 3.35. The van der Waals surface area contributed by atoms with E-state index in [1.807, 2.05) is 11.6 Å². The van der Waals surface area contributed by atoms with Crippen LogP contribution in [0.2, 0.25) is 0 Å². The zero-order valence-corrected chi connectivity index (χ0v) is 9.73. The first-order chi connectivity index (χ1) is 6.73. The molecule has 1 aliphatic rings. The first-order valence-electron chi connectivity index (χ1n) is 5.32. The van der Waals surface area contributed by atoms with Crippen LogP contribution in [-0.2, 0) is 6.54 Å². The SMILES string of the molecule is CC(C)C1(CNCc2nccs2)CC1. The van der Waals surface area contributed by atoms with E-state index in [0.717, 1.165) is 19.0 Å². The van der Waals surface area contributed by atoms with Gasteiger partial charge in [0, 0.05) is 24.7 Å². The molecule has 2 nitrogen and oxygen atoms in total. The minimum Gasteiger partial charge on any atom is -0.310 e. The normalized spacial score (nSPS) is 18.8. The summed E-state index contributed by atoms with van der Waals surface area (Å²) in [6.07, 6.45) is 4.67. The summed E-state index contributed by atoms with van der Waals surface area (Å²) in [6, 6.07) is 0. The van der Waals surface area contributed by atoms with Gasteiger partial charge in [-0.3, -0.25) is 0 Å². The highest BCUT2D eigenvalue weighted by Gasteiger charge is 2.44. The van der Waals surface area contributed by atoms with Gasteiger partial charge < -0.3 is 5.32 Å². The number of rotatable bonds is 5. The maximum atomic E-state index is 4.26. The molecule has 0 spiro atoms. The molecular weight excluding hydrogens is 192 g/mol. The standard InChI is InChI=1S/C11H18N2S/c1-9(2)11(3-4-11)8-12-7-10-13-5-6-14-10/h5-6,9,12H,3-4,7-8H2,1-2H3. The molecule has 0 saturated heterocycles. The lowest BCUT2D eigenvalue weighted by Crippen LogP contribution is -2.27. The molecule has 1 fully saturated rings. The summed E-state index contributed by atoms with van der Waals surface area (Å²) in [7, 11) is 0. The number of nitrogens with one attached hydrogen (secondary N) is 1. The first-order valence-corrected chi connectivity index (χ1v) is 6.20. The van der Waals surface area contributed by atoms with Crippen LogP contribution in [0, 0.1) is 11.3 Å². The van der Waals surface area contributed by atoms with Crippen LogP contribution in [0.15, 0.2) is 11.6 Å². The van der Waals surface area contributed by atoms with Gasteiger partial charge in [-0.1, -0.05) is 13.8 Å². The number of nitrogens with zero attached hydrogens (tertiary/aromatic N) is 1. The number of thiazole rings is 1. The molecule has 3 heteroatoms. The molecular formula is C11H18N2S. The molecule has 0 aromatic carbocycles. The van der Waals surface area contributed by atoms with Crippen LogP contribution in [0.3, 0.4) is 0 Å². The maximum Gasteiger partial charge on any atom is 0.106 e. The Morgan fingerprint density at radius 3 is 2.86 bits per heavy atom. The van der Waals surface area contributed by atoms with Gasteiger partial charge >= 0.3 is 0 Å². The molecule has 0 aliphatic heterocycles. The van der Waals surface area contributed by atoms with E-state index in [9.17, 15) is 0 Å². The molecule has 1 heterocycles. The van der Waals surface area contributed by atoms with E-state index in [0.29, 0.717) is 5.41 Å². The largest absolute Gasteiger partial charge is 0.310 e. The molecule has 78 valence electrons. The third-order valence-corrected chi connectivity index (χ3v) is 4.13. The summed E-state index contributed by atoms with van der Waals surface area (Å²) in [5.41, 5.74) is 0.608. The fraction of sp³-hybridized carbons (Fsp3) is 0.727. The summed E-state index contributed by atoms with van der Waals surface area (Å²) >= 11 is 1.73. The lowest BCUT2D eigenvalue weighted by Gasteiger charge is -2.19. The van der Waals surface area contributed by atoms with Crippen LogP contribution in [0.5, 0.6) is 0 Å². The number of hydrogen-bond donors (Lipinski definition) is 1. The zero-order valence-electron chi connectivity index (χ0n) is 8.92. The molecule has 0 unspecified atom stereocenters.